The van der Waals surface area contributed by atoms with Gasteiger partial charge in [-0.2, -0.15) is 0 Å². The molecule has 0 radical (unpaired) electrons. The Hall–Kier alpha value is -2.34. The Morgan fingerprint density at radius 3 is 2.12 bits per heavy atom. The Morgan fingerprint density at radius 1 is 1.08 bits per heavy atom. The van der Waals surface area contributed by atoms with Gasteiger partial charge in [-0.15, -0.1) is 0 Å². The second-order valence-corrected chi connectivity index (χ2v) is 5.87. The lowest BCUT2D eigenvalue weighted by molar-refractivity contribution is -0.125. The summed E-state index contributed by atoms with van der Waals surface area (Å²) in [5.74, 6) is -4.38. The third-order valence-corrected chi connectivity index (χ3v) is 3.67. The Labute approximate surface area is 139 Å². The molecule has 0 unspecified atom stereocenters. The van der Waals surface area contributed by atoms with Gasteiger partial charge < -0.3 is 5.32 Å². The summed E-state index contributed by atoms with van der Waals surface area (Å²) in [4.78, 5) is 14.2. The predicted octanol–water partition coefficient (Wildman–Crippen LogP) is 3.33. The molecule has 0 spiro atoms. The minimum absolute atomic E-state index is 0.0941. The molecule has 0 aliphatic rings. The molecule has 0 heterocycles. The number of benzene rings is 2. The minimum Gasteiger partial charge on any atom is -0.350 e. The van der Waals surface area contributed by atoms with Crippen molar-refractivity contribution in [2.24, 2.45) is 0 Å². The van der Waals surface area contributed by atoms with Crippen LogP contribution in [0.1, 0.15) is 22.7 Å². The molecule has 0 bridgehead atoms. The van der Waals surface area contributed by atoms with Crippen LogP contribution >= 0.6 is 0 Å². The molecule has 0 aliphatic heterocycles. The molecule has 128 valence electrons. The normalized spacial score (nSPS) is 12.3. The molecule has 1 atom stereocenters. The summed E-state index contributed by atoms with van der Waals surface area (Å²) in [6.45, 7) is 1.86. The molecule has 1 N–H and O–H groups in total. The van der Waals surface area contributed by atoms with Gasteiger partial charge in [0.25, 0.3) is 0 Å². The van der Waals surface area contributed by atoms with Crippen LogP contribution in [0.5, 0.6) is 0 Å². The van der Waals surface area contributed by atoms with Crippen molar-refractivity contribution in [2.45, 2.75) is 19.5 Å². The summed E-state index contributed by atoms with van der Waals surface area (Å²) in [5, 5.41) is 2.63. The zero-order chi connectivity index (χ0) is 17.9. The summed E-state index contributed by atoms with van der Waals surface area (Å²) >= 11 is 0. The molecule has 1 amide bonds. The number of amides is 1. The van der Waals surface area contributed by atoms with Gasteiger partial charge in [0.2, 0.25) is 5.91 Å². The second-order valence-electron chi connectivity index (χ2n) is 5.87. The van der Waals surface area contributed by atoms with E-state index in [0.29, 0.717) is 0 Å². The average Bonchev–Trinajstić information content (AvgIpc) is 2.52. The highest BCUT2D eigenvalue weighted by Gasteiger charge is 2.22. The number of rotatable bonds is 5. The molecule has 6 heteroatoms. The van der Waals surface area contributed by atoms with E-state index in [2.05, 4.69) is 5.32 Å². The maximum absolute atomic E-state index is 13.2. The lowest BCUT2D eigenvalue weighted by Crippen LogP contribution is -2.36. The van der Waals surface area contributed by atoms with E-state index in [4.69, 9.17) is 0 Å². The maximum Gasteiger partial charge on any atom is 0.242 e. The molecular weight excluding hydrogens is 317 g/mol. The van der Waals surface area contributed by atoms with Crippen LogP contribution in [0.3, 0.4) is 0 Å². The first-order chi connectivity index (χ1) is 11.3. The Kier molecular flexibility index (Phi) is 5.62. The summed E-state index contributed by atoms with van der Waals surface area (Å²) in [5.41, 5.74) is 2.04. The molecule has 3 nitrogen and oxygen atoms in total. The van der Waals surface area contributed by atoms with Crippen LogP contribution in [0.25, 0.3) is 0 Å². The zero-order valence-electron chi connectivity index (χ0n) is 13.7. The van der Waals surface area contributed by atoms with Crippen LogP contribution < -0.4 is 5.32 Å². The standard InChI is InChI=1S/C18H19F3N2O/c1-11-4-6-13(7-5-11)17(23(2)3)18(24)22-10-12-8-14(19)16(21)15(20)9-12/h4-9,17H,10H2,1-3H3,(H,22,24)/t17-/m0/s1. The number of hydrogen-bond donors (Lipinski definition) is 1. The summed E-state index contributed by atoms with van der Waals surface area (Å²) in [7, 11) is 3.53. The zero-order valence-corrected chi connectivity index (χ0v) is 13.7. The number of aryl methyl sites for hydroxylation is 1. The van der Waals surface area contributed by atoms with E-state index in [0.717, 1.165) is 23.3 Å². The fourth-order valence-corrected chi connectivity index (χ4v) is 2.43. The van der Waals surface area contributed by atoms with Gasteiger partial charge in [-0.1, -0.05) is 29.8 Å². The second kappa shape index (κ2) is 7.49. The van der Waals surface area contributed by atoms with Crippen LogP contribution in [0, 0.1) is 24.4 Å². The summed E-state index contributed by atoms with van der Waals surface area (Å²) in [6, 6.07) is 8.73. The number of carbonyl (C=O) groups is 1. The molecule has 2 rings (SSSR count). The first-order valence-corrected chi connectivity index (χ1v) is 7.43. The third-order valence-electron chi connectivity index (χ3n) is 3.67. The first kappa shape index (κ1) is 18.0. The topological polar surface area (TPSA) is 32.3 Å². The lowest BCUT2D eigenvalue weighted by Gasteiger charge is -2.24. The van der Waals surface area contributed by atoms with Gasteiger partial charge in [0.05, 0.1) is 0 Å². The number of carbonyl (C=O) groups excluding carboxylic acids is 1. The van der Waals surface area contributed by atoms with Crippen molar-refractivity contribution in [3.8, 4) is 0 Å². The highest BCUT2D eigenvalue weighted by Crippen LogP contribution is 2.19. The quantitative estimate of drug-likeness (QED) is 0.850. The maximum atomic E-state index is 13.2. The van der Waals surface area contributed by atoms with Crippen molar-refractivity contribution in [1.29, 1.82) is 0 Å². The Morgan fingerprint density at radius 2 is 1.62 bits per heavy atom. The molecule has 0 aromatic heterocycles. The van der Waals surface area contributed by atoms with Crippen LogP contribution in [0.4, 0.5) is 13.2 Å². The van der Waals surface area contributed by atoms with Crippen LogP contribution in [-0.2, 0) is 11.3 Å². The van der Waals surface area contributed by atoms with Gasteiger partial charge >= 0.3 is 0 Å². The van der Waals surface area contributed by atoms with Gasteiger partial charge in [0.1, 0.15) is 6.04 Å². The smallest absolute Gasteiger partial charge is 0.242 e. The van der Waals surface area contributed by atoms with Crippen molar-refractivity contribution >= 4 is 5.91 Å². The fourth-order valence-electron chi connectivity index (χ4n) is 2.43. The van der Waals surface area contributed by atoms with Crippen molar-refractivity contribution in [2.75, 3.05) is 14.1 Å². The minimum atomic E-state index is -1.52. The SMILES string of the molecule is Cc1ccc([C@@H](C(=O)NCc2cc(F)c(F)c(F)c2)N(C)C)cc1. The van der Waals surface area contributed by atoms with E-state index < -0.39 is 23.5 Å². The number of nitrogens with one attached hydrogen (secondary N) is 1. The molecular formula is C18H19F3N2O. The van der Waals surface area contributed by atoms with Gasteiger partial charge in [0, 0.05) is 6.54 Å². The molecule has 0 fully saturated rings. The van der Waals surface area contributed by atoms with Crippen molar-refractivity contribution in [3.63, 3.8) is 0 Å². The largest absolute Gasteiger partial charge is 0.350 e. The predicted molar refractivity (Wildman–Crippen MR) is 85.8 cm³/mol. The molecule has 0 saturated carbocycles. The molecule has 2 aromatic carbocycles. The Bertz CT molecular complexity index is 707. The van der Waals surface area contributed by atoms with Gasteiger partial charge in [-0.25, -0.2) is 13.2 Å². The van der Waals surface area contributed by atoms with Gasteiger partial charge in [0.15, 0.2) is 17.5 Å². The van der Waals surface area contributed by atoms with Gasteiger partial charge in [-0.05, 0) is 44.3 Å². The number of likely N-dealkylation sites (N-methyl/N-ethyl adjacent to an activating group) is 1. The van der Waals surface area contributed by atoms with E-state index in [-0.39, 0.29) is 18.0 Å². The van der Waals surface area contributed by atoms with E-state index in [1.165, 1.54) is 0 Å². The molecule has 2 aromatic rings. The van der Waals surface area contributed by atoms with Crippen LogP contribution in [0.15, 0.2) is 36.4 Å². The number of halogens is 3. The van der Waals surface area contributed by atoms with Crippen LogP contribution in [0.2, 0.25) is 0 Å². The fraction of sp³-hybridized carbons (Fsp3) is 0.278. The molecule has 0 aliphatic carbocycles. The average molecular weight is 336 g/mol. The highest BCUT2D eigenvalue weighted by molar-refractivity contribution is 5.83. The highest BCUT2D eigenvalue weighted by atomic mass is 19.2. The van der Waals surface area contributed by atoms with E-state index in [9.17, 15) is 18.0 Å². The molecule has 24 heavy (non-hydrogen) atoms. The summed E-state index contributed by atoms with van der Waals surface area (Å²) in [6.07, 6.45) is 0. The third kappa shape index (κ3) is 4.14. The lowest BCUT2D eigenvalue weighted by atomic mass is 10.0. The molecule has 0 saturated heterocycles. The first-order valence-electron chi connectivity index (χ1n) is 7.43. The van der Waals surface area contributed by atoms with E-state index >= 15 is 0 Å². The van der Waals surface area contributed by atoms with Gasteiger partial charge in [-0.3, -0.25) is 9.69 Å². The monoisotopic (exact) mass is 336 g/mol. The Balaban J connectivity index is 2.13. The van der Waals surface area contributed by atoms with E-state index in [1.807, 2.05) is 31.2 Å². The van der Waals surface area contributed by atoms with Crippen LogP contribution in [-0.4, -0.2) is 24.9 Å². The number of hydrogen-bond acceptors (Lipinski definition) is 2. The van der Waals surface area contributed by atoms with E-state index in [1.54, 1.807) is 19.0 Å². The van der Waals surface area contributed by atoms with Crippen molar-refractivity contribution < 1.29 is 18.0 Å². The number of nitrogens with zero attached hydrogens (tertiary/aromatic N) is 1. The summed E-state index contributed by atoms with van der Waals surface area (Å²) < 4.78 is 39.4. The van der Waals surface area contributed by atoms with Crippen molar-refractivity contribution in [1.82, 2.24) is 10.2 Å². The van der Waals surface area contributed by atoms with Crippen molar-refractivity contribution in [3.05, 3.63) is 70.5 Å².